The fraction of sp³-hybridized carbons (Fsp3) is 0.286. The maximum atomic E-state index is 2.33. The maximum Gasteiger partial charge on any atom is -0.00856 e. The number of rotatable bonds is 4. The molecular weight excluding hydrogens is 336 g/mol. The fourth-order valence-corrected chi connectivity index (χ4v) is 3.73. The van der Waals surface area contributed by atoms with Gasteiger partial charge in [0.05, 0.1) is 0 Å². The van der Waals surface area contributed by atoms with Crippen LogP contribution in [-0.2, 0) is 0 Å². The lowest BCUT2D eigenvalue weighted by molar-refractivity contribution is 1.05. The second kappa shape index (κ2) is 9.55. The van der Waals surface area contributed by atoms with Crippen molar-refractivity contribution in [2.45, 2.75) is 53.4 Å². The van der Waals surface area contributed by atoms with Gasteiger partial charge in [0.25, 0.3) is 0 Å². The highest BCUT2D eigenvalue weighted by Crippen LogP contribution is 2.29. The van der Waals surface area contributed by atoms with Crippen LogP contribution in [-0.4, -0.2) is 0 Å². The first kappa shape index (κ1) is 20.1. The molecule has 144 valence electrons. The molecule has 0 atom stereocenters. The molecule has 0 aromatic heterocycles. The van der Waals surface area contributed by atoms with Crippen molar-refractivity contribution in [1.29, 1.82) is 0 Å². The van der Waals surface area contributed by atoms with Gasteiger partial charge < -0.3 is 0 Å². The van der Waals surface area contributed by atoms with Crippen LogP contribution in [0.4, 0.5) is 0 Å². The van der Waals surface area contributed by atoms with E-state index >= 15 is 0 Å². The second-order valence-corrected chi connectivity index (χ2v) is 7.76. The van der Waals surface area contributed by atoms with E-state index in [1.54, 1.807) is 5.57 Å². The van der Waals surface area contributed by atoms with Crippen molar-refractivity contribution < 1.29 is 0 Å². The van der Waals surface area contributed by atoms with Crippen LogP contribution in [0.1, 0.15) is 61.8 Å². The molecule has 0 saturated heterocycles. The third-order valence-corrected chi connectivity index (χ3v) is 5.49. The first-order valence-electron chi connectivity index (χ1n) is 10.5. The van der Waals surface area contributed by atoms with Crippen molar-refractivity contribution in [1.82, 2.24) is 0 Å². The molecule has 2 aromatic rings. The molecule has 0 spiro atoms. The van der Waals surface area contributed by atoms with Crippen molar-refractivity contribution in [3.05, 3.63) is 106 Å². The molecule has 2 aliphatic rings. The van der Waals surface area contributed by atoms with Gasteiger partial charge in [0.2, 0.25) is 0 Å². The SMILES string of the molecule is CCC1=CC(c2cccc(C)c2)=CC1.CCC1=CCC(c2cccc(C)c2)=C1. The molecule has 2 aliphatic carbocycles. The van der Waals surface area contributed by atoms with Gasteiger partial charge in [0.15, 0.2) is 0 Å². The highest BCUT2D eigenvalue weighted by atomic mass is 14.1. The molecule has 0 heteroatoms. The molecule has 0 bridgehead atoms. The molecule has 0 fully saturated rings. The van der Waals surface area contributed by atoms with Crippen LogP contribution in [0.25, 0.3) is 11.1 Å². The third kappa shape index (κ3) is 5.23. The molecule has 0 N–H and O–H groups in total. The highest BCUT2D eigenvalue weighted by Gasteiger charge is 2.07. The third-order valence-electron chi connectivity index (χ3n) is 5.49. The molecule has 0 aliphatic heterocycles. The van der Waals surface area contributed by atoms with E-state index in [4.69, 9.17) is 0 Å². The molecule has 0 amide bonds. The summed E-state index contributed by atoms with van der Waals surface area (Å²) in [5, 5.41) is 0. The minimum absolute atomic E-state index is 1.10. The van der Waals surface area contributed by atoms with E-state index in [-0.39, 0.29) is 0 Å². The number of hydrogen-bond acceptors (Lipinski definition) is 0. The number of aryl methyl sites for hydroxylation is 2. The Hall–Kier alpha value is -2.60. The number of allylic oxidation sites excluding steroid dienone is 8. The van der Waals surface area contributed by atoms with Gasteiger partial charge >= 0.3 is 0 Å². The lowest BCUT2D eigenvalue weighted by atomic mass is 10.0. The summed E-state index contributed by atoms with van der Waals surface area (Å²) in [5.41, 5.74) is 11.3. The van der Waals surface area contributed by atoms with Crippen LogP contribution in [0.2, 0.25) is 0 Å². The zero-order chi connectivity index (χ0) is 19.9. The van der Waals surface area contributed by atoms with Gasteiger partial charge in [-0.25, -0.2) is 0 Å². The van der Waals surface area contributed by atoms with E-state index in [2.05, 4.69) is 101 Å². The maximum absolute atomic E-state index is 2.33. The monoisotopic (exact) mass is 368 g/mol. The summed E-state index contributed by atoms with van der Waals surface area (Å²) in [7, 11) is 0. The Kier molecular flexibility index (Phi) is 6.87. The summed E-state index contributed by atoms with van der Waals surface area (Å²) >= 11 is 0. The van der Waals surface area contributed by atoms with E-state index in [0.717, 1.165) is 19.3 Å². The van der Waals surface area contributed by atoms with Crippen molar-refractivity contribution in [3.63, 3.8) is 0 Å². The van der Waals surface area contributed by atoms with Crippen LogP contribution >= 0.6 is 0 Å². The molecule has 0 saturated carbocycles. The first-order valence-corrected chi connectivity index (χ1v) is 10.5. The summed E-state index contributed by atoms with van der Waals surface area (Å²) in [6.45, 7) is 8.72. The van der Waals surface area contributed by atoms with Gasteiger partial charge in [-0.3, -0.25) is 0 Å². The van der Waals surface area contributed by atoms with Crippen molar-refractivity contribution >= 4 is 11.1 Å². The largest absolute Gasteiger partial charge is 0.0769 e. The fourth-order valence-electron chi connectivity index (χ4n) is 3.73. The predicted molar refractivity (Wildman–Crippen MR) is 124 cm³/mol. The van der Waals surface area contributed by atoms with Gasteiger partial charge in [-0.2, -0.15) is 0 Å². The van der Waals surface area contributed by atoms with E-state index in [1.165, 1.54) is 45.4 Å². The smallest absolute Gasteiger partial charge is 0.00856 e. The van der Waals surface area contributed by atoms with Gasteiger partial charge in [-0.1, -0.05) is 109 Å². The van der Waals surface area contributed by atoms with Gasteiger partial charge in [0.1, 0.15) is 0 Å². The van der Waals surface area contributed by atoms with Crippen LogP contribution in [0.5, 0.6) is 0 Å². The van der Waals surface area contributed by atoms with Crippen molar-refractivity contribution in [2.75, 3.05) is 0 Å². The van der Waals surface area contributed by atoms with Gasteiger partial charge in [-0.05, 0) is 61.8 Å². The zero-order valence-corrected chi connectivity index (χ0v) is 17.8. The molecule has 0 unspecified atom stereocenters. The molecule has 4 rings (SSSR count). The summed E-state index contributed by atoms with van der Waals surface area (Å²) in [6.07, 6.45) is 13.9. The van der Waals surface area contributed by atoms with E-state index in [9.17, 15) is 0 Å². The predicted octanol–water partition coefficient (Wildman–Crippen LogP) is 8.24. The van der Waals surface area contributed by atoms with E-state index in [1.807, 2.05) is 0 Å². The summed E-state index contributed by atoms with van der Waals surface area (Å²) in [4.78, 5) is 0. The molecule has 0 radical (unpaired) electrons. The summed E-state index contributed by atoms with van der Waals surface area (Å²) in [6, 6.07) is 17.5. The molecule has 0 nitrogen and oxygen atoms in total. The standard InChI is InChI=1S/2C14H16/c2*1-3-12-7-8-14(10-12)13-6-4-5-11(2)9-13/h4-6,8-10H,3,7H2,1-2H3;4-7,9-10H,3,8H2,1-2H3. The Morgan fingerprint density at radius 1 is 0.714 bits per heavy atom. The van der Waals surface area contributed by atoms with E-state index in [0.29, 0.717) is 0 Å². The first-order chi connectivity index (χ1) is 13.6. The lowest BCUT2D eigenvalue weighted by Gasteiger charge is -2.02. The Morgan fingerprint density at radius 2 is 1.39 bits per heavy atom. The van der Waals surface area contributed by atoms with Gasteiger partial charge in [0, 0.05) is 0 Å². The molecule has 2 aromatic carbocycles. The number of hydrogen-bond donors (Lipinski definition) is 0. The van der Waals surface area contributed by atoms with Gasteiger partial charge in [-0.15, -0.1) is 0 Å². The second-order valence-electron chi connectivity index (χ2n) is 7.76. The van der Waals surface area contributed by atoms with Crippen molar-refractivity contribution in [3.8, 4) is 0 Å². The zero-order valence-electron chi connectivity index (χ0n) is 17.8. The van der Waals surface area contributed by atoms with E-state index < -0.39 is 0 Å². The Labute approximate surface area is 171 Å². The summed E-state index contributed by atoms with van der Waals surface area (Å²) < 4.78 is 0. The average Bonchev–Trinajstić information content (AvgIpc) is 3.38. The quantitative estimate of drug-likeness (QED) is 0.509. The minimum atomic E-state index is 1.10. The topological polar surface area (TPSA) is 0 Å². The summed E-state index contributed by atoms with van der Waals surface area (Å²) in [5.74, 6) is 0. The van der Waals surface area contributed by atoms with Crippen LogP contribution < -0.4 is 0 Å². The Bertz CT molecular complexity index is 948. The molecule has 28 heavy (non-hydrogen) atoms. The van der Waals surface area contributed by atoms with Crippen LogP contribution in [0.15, 0.2) is 84.0 Å². The lowest BCUT2D eigenvalue weighted by Crippen LogP contribution is -1.81. The molecular formula is C28H32. The minimum Gasteiger partial charge on any atom is -0.0769 e. The Balaban J connectivity index is 0.000000161. The normalized spacial score (nSPS) is 15.3. The van der Waals surface area contributed by atoms with Crippen molar-refractivity contribution in [2.24, 2.45) is 0 Å². The highest BCUT2D eigenvalue weighted by molar-refractivity contribution is 5.77. The van der Waals surface area contributed by atoms with Crippen LogP contribution in [0, 0.1) is 13.8 Å². The Morgan fingerprint density at radius 3 is 1.96 bits per heavy atom. The van der Waals surface area contributed by atoms with Crippen LogP contribution in [0.3, 0.4) is 0 Å². The molecule has 0 heterocycles. The average molecular weight is 369 g/mol. The number of benzene rings is 2.